The molecular weight excluding hydrogens is 372 g/mol. The Morgan fingerprint density at radius 1 is 0.821 bits per heavy atom. The molecule has 4 rings (SSSR count). The molecule has 0 radical (unpaired) electrons. The molecule has 0 atom stereocenters. The maximum atomic E-state index is 13.1. The van der Waals surface area contributed by atoms with E-state index in [9.17, 15) is 4.79 Å². The van der Waals surface area contributed by atoms with Crippen molar-refractivity contribution in [2.24, 2.45) is 0 Å². The molecule has 0 amide bonds. The lowest BCUT2D eigenvalue weighted by atomic mass is 10.0. The monoisotopic (exact) mass is 390 g/mol. The first-order chi connectivity index (χ1) is 13.7. The van der Waals surface area contributed by atoms with Crippen LogP contribution in [0.4, 0.5) is 0 Å². The second kappa shape index (κ2) is 8.19. The zero-order valence-electron chi connectivity index (χ0n) is 15.1. The maximum absolute atomic E-state index is 13.1. The first-order valence-electron chi connectivity index (χ1n) is 9.05. The molecule has 0 saturated carbocycles. The molecule has 4 aromatic rings. The predicted molar refractivity (Wildman–Crippen MR) is 113 cm³/mol. The minimum Gasteiger partial charge on any atom is -0.490 e. The Morgan fingerprint density at radius 3 is 2.11 bits per heavy atom. The SMILES string of the molecule is O=c1c(-c2ccccc2)c(-c2ccccc2)[nH]n1CCOc1ccccc1Cl. The molecule has 0 bridgehead atoms. The summed E-state index contributed by atoms with van der Waals surface area (Å²) >= 11 is 6.13. The average molecular weight is 391 g/mol. The van der Waals surface area contributed by atoms with Gasteiger partial charge in [-0.1, -0.05) is 84.4 Å². The average Bonchev–Trinajstić information content (AvgIpc) is 3.07. The van der Waals surface area contributed by atoms with Crippen molar-refractivity contribution in [3.05, 3.63) is 100 Å². The topological polar surface area (TPSA) is 47.0 Å². The number of hydrogen-bond acceptors (Lipinski definition) is 2. The molecule has 1 N–H and O–H groups in total. The Kier molecular flexibility index (Phi) is 5.31. The van der Waals surface area contributed by atoms with Crippen LogP contribution >= 0.6 is 11.6 Å². The van der Waals surface area contributed by atoms with Gasteiger partial charge in [-0.15, -0.1) is 0 Å². The Morgan fingerprint density at radius 2 is 1.43 bits per heavy atom. The number of aromatic amines is 1. The highest BCUT2D eigenvalue weighted by Gasteiger charge is 2.17. The van der Waals surface area contributed by atoms with Gasteiger partial charge in [-0.3, -0.25) is 9.89 Å². The van der Waals surface area contributed by atoms with Gasteiger partial charge in [0.05, 0.1) is 22.8 Å². The third-order valence-electron chi connectivity index (χ3n) is 4.49. The Bertz CT molecular complexity index is 1120. The minimum absolute atomic E-state index is 0.0761. The minimum atomic E-state index is -0.0761. The fraction of sp³-hybridized carbons (Fsp3) is 0.0870. The quantitative estimate of drug-likeness (QED) is 0.489. The van der Waals surface area contributed by atoms with Gasteiger partial charge >= 0.3 is 0 Å². The Hall–Kier alpha value is -3.24. The summed E-state index contributed by atoms with van der Waals surface area (Å²) in [6.07, 6.45) is 0. The van der Waals surface area contributed by atoms with Crippen LogP contribution in [0.2, 0.25) is 5.02 Å². The van der Waals surface area contributed by atoms with Crippen molar-refractivity contribution in [1.29, 1.82) is 0 Å². The largest absolute Gasteiger partial charge is 0.490 e. The lowest BCUT2D eigenvalue weighted by molar-refractivity contribution is 0.289. The van der Waals surface area contributed by atoms with Crippen molar-refractivity contribution in [3.63, 3.8) is 0 Å². The summed E-state index contributed by atoms with van der Waals surface area (Å²) in [4.78, 5) is 13.1. The lowest BCUT2D eigenvalue weighted by Crippen LogP contribution is -2.21. The summed E-state index contributed by atoms with van der Waals surface area (Å²) in [5, 5.41) is 3.81. The van der Waals surface area contributed by atoms with Gasteiger partial charge in [-0.25, -0.2) is 4.68 Å². The molecule has 0 aliphatic heterocycles. The predicted octanol–water partition coefficient (Wildman–Crippen LogP) is 5.24. The van der Waals surface area contributed by atoms with E-state index < -0.39 is 0 Å². The zero-order valence-corrected chi connectivity index (χ0v) is 15.9. The van der Waals surface area contributed by atoms with Crippen molar-refractivity contribution < 1.29 is 4.74 Å². The highest BCUT2D eigenvalue weighted by atomic mass is 35.5. The molecule has 5 heteroatoms. The Labute approximate surface area is 168 Å². The molecule has 1 aromatic heterocycles. The maximum Gasteiger partial charge on any atom is 0.275 e. The second-order valence-corrected chi connectivity index (χ2v) is 6.74. The van der Waals surface area contributed by atoms with Crippen LogP contribution in [0, 0.1) is 0 Å². The molecule has 3 aromatic carbocycles. The second-order valence-electron chi connectivity index (χ2n) is 6.33. The number of halogens is 1. The van der Waals surface area contributed by atoms with Crippen LogP contribution in [0.15, 0.2) is 89.7 Å². The number of hydrogen-bond donors (Lipinski definition) is 1. The van der Waals surface area contributed by atoms with Crippen molar-refractivity contribution in [2.75, 3.05) is 6.61 Å². The van der Waals surface area contributed by atoms with Gasteiger partial charge in [0.2, 0.25) is 0 Å². The van der Waals surface area contributed by atoms with Crippen molar-refractivity contribution >= 4 is 11.6 Å². The van der Waals surface area contributed by atoms with Crippen LogP contribution in [-0.4, -0.2) is 16.4 Å². The van der Waals surface area contributed by atoms with Crippen LogP contribution in [0.25, 0.3) is 22.4 Å². The number of para-hydroxylation sites is 1. The number of rotatable bonds is 6. The molecule has 0 saturated heterocycles. The van der Waals surface area contributed by atoms with E-state index in [0.717, 1.165) is 16.8 Å². The van der Waals surface area contributed by atoms with Crippen molar-refractivity contribution in [1.82, 2.24) is 9.78 Å². The van der Waals surface area contributed by atoms with Gasteiger partial charge in [0.1, 0.15) is 12.4 Å². The zero-order chi connectivity index (χ0) is 19.3. The van der Waals surface area contributed by atoms with Gasteiger partial charge in [0.25, 0.3) is 5.56 Å². The molecule has 0 fully saturated rings. The summed E-state index contributed by atoms with van der Waals surface area (Å²) in [5.41, 5.74) is 3.23. The number of ether oxygens (including phenoxy) is 1. The highest BCUT2D eigenvalue weighted by molar-refractivity contribution is 6.32. The lowest BCUT2D eigenvalue weighted by Gasteiger charge is -2.07. The summed E-state index contributed by atoms with van der Waals surface area (Å²) in [6, 6.07) is 26.8. The molecule has 1 heterocycles. The highest BCUT2D eigenvalue weighted by Crippen LogP contribution is 2.28. The third kappa shape index (κ3) is 3.73. The summed E-state index contributed by atoms with van der Waals surface area (Å²) in [7, 11) is 0. The number of benzene rings is 3. The van der Waals surface area contributed by atoms with Gasteiger partial charge in [-0.05, 0) is 17.7 Å². The van der Waals surface area contributed by atoms with Crippen LogP contribution in [0.5, 0.6) is 5.75 Å². The van der Waals surface area contributed by atoms with E-state index in [-0.39, 0.29) is 5.56 Å². The van der Waals surface area contributed by atoms with Gasteiger partial charge in [0.15, 0.2) is 0 Å². The van der Waals surface area contributed by atoms with Crippen LogP contribution < -0.4 is 10.3 Å². The van der Waals surface area contributed by atoms with E-state index in [1.54, 1.807) is 10.7 Å². The smallest absolute Gasteiger partial charge is 0.275 e. The number of nitrogens with one attached hydrogen (secondary N) is 1. The first-order valence-corrected chi connectivity index (χ1v) is 9.43. The fourth-order valence-electron chi connectivity index (χ4n) is 3.14. The van der Waals surface area contributed by atoms with Gasteiger partial charge in [-0.2, -0.15) is 0 Å². The van der Waals surface area contributed by atoms with Crippen molar-refractivity contribution in [2.45, 2.75) is 6.54 Å². The fourth-order valence-corrected chi connectivity index (χ4v) is 3.33. The normalized spacial score (nSPS) is 10.8. The number of aromatic nitrogens is 2. The number of H-pyrrole nitrogens is 1. The van der Waals surface area contributed by atoms with E-state index in [0.29, 0.717) is 29.5 Å². The summed E-state index contributed by atoms with van der Waals surface area (Å²) < 4.78 is 7.33. The van der Waals surface area contributed by atoms with E-state index in [4.69, 9.17) is 16.3 Å². The van der Waals surface area contributed by atoms with E-state index in [1.165, 1.54) is 0 Å². The standard InChI is InChI=1S/C23H19ClN2O2/c24-19-13-7-8-14-20(19)28-16-15-26-23(27)21(17-9-3-1-4-10-17)22(25-26)18-11-5-2-6-12-18/h1-14,25H,15-16H2. The van der Waals surface area contributed by atoms with Crippen LogP contribution in [0.3, 0.4) is 0 Å². The molecule has 0 aliphatic carbocycles. The molecule has 140 valence electrons. The molecule has 0 aliphatic rings. The van der Waals surface area contributed by atoms with E-state index in [2.05, 4.69) is 5.10 Å². The van der Waals surface area contributed by atoms with Gasteiger partial charge in [0, 0.05) is 5.56 Å². The summed E-state index contributed by atoms with van der Waals surface area (Å²) in [6.45, 7) is 0.712. The molecule has 4 nitrogen and oxygen atoms in total. The number of nitrogens with zero attached hydrogens (tertiary/aromatic N) is 1. The molecule has 0 unspecified atom stereocenters. The summed E-state index contributed by atoms with van der Waals surface area (Å²) in [5.74, 6) is 0.607. The van der Waals surface area contributed by atoms with Crippen LogP contribution in [0.1, 0.15) is 0 Å². The first kappa shape index (κ1) is 18.1. The molecule has 0 spiro atoms. The Balaban J connectivity index is 1.66. The van der Waals surface area contributed by atoms with E-state index in [1.807, 2.05) is 78.9 Å². The molecule has 28 heavy (non-hydrogen) atoms. The van der Waals surface area contributed by atoms with Crippen LogP contribution in [-0.2, 0) is 6.54 Å². The third-order valence-corrected chi connectivity index (χ3v) is 4.80. The molecular formula is C23H19ClN2O2. The van der Waals surface area contributed by atoms with Crippen molar-refractivity contribution in [3.8, 4) is 28.1 Å². The van der Waals surface area contributed by atoms with Gasteiger partial charge < -0.3 is 4.74 Å². The van der Waals surface area contributed by atoms with E-state index >= 15 is 0 Å².